The van der Waals surface area contributed by atoms with Crippen LogP contribution >= 0.6 is 0 Å². The summed E-state index contributed by atoms with van der Waals surface area (Å²) in [6, 6.07) is 7.33. The van der Waals surface area contributed by atoms with E-state index >= 15 is 0 Å². The molecule has 0 saturated heterocycles. The molecule has 2 rings (SSSR count). The van der Waals surface area contributed by atoms with Crippen molar-refractivity contribution in [1.82, 2.24) is 5.32 Å². The normalized spacial score (nSPS) is 18.2. The van der Waals surface area contributed by atoms with E-state index in [9.17, 15) is 0 Å². The molecule has 1 aliphatic rings. The topological polar surface area (TPSA) is 21.3 Å². The van der Waals surface area contributed by atoms with Crippen LogP contribution in [0.5, 0.6) is 5.75 Å². The largest absolute Gasteiger partial charge is 0.496 e. The number of aryl methyl sites for hydroxylation is 1. The van der Waals surface area contributed by atoms with E-state index in [4.69, 9.17) is 4.74 Å². The number of rotatable bonds is 5. The zero-order valence-corrected chi connectivity index (χ0v) is 13.5. The van der Waals surface area contributed by atoms with Gasteiger partial charge in [0.05, 0.1) is 7.11 Å². The van der Waals surface area contributed by atoms with Crippen LogP contribution in [0.2, 0.25) is 0 Å². The number of benzene rings is 1. The van der Waals surface area contributed by atoms with Gasteiger partial charge in [0.25, 0.3) is 0 Å². The van der Waals surface area contributed by atoms with E-state index in [1.54, 1.807) is 7.11 Å². The van der Waals surface area contributed by atoms with Crippen molar-refractivity contribution in [3.8, 4) is 5.75 Å². The van der Waals surface area contributed by atoms with Crippen molar-refractivity contribution in [1.29, 1.82) is 0 Å². The van der Waals surface area contributed by atoms with Crippen molar-refractivity contribution in [2.24, 2.45) is 0 Å². The van der Waals surface area contributed by atoms with E-state index in [-0.39, 0.29) is 0 Å². The van der Waals surface area contributed by atoms with Gasteiger partial charge in [0, 0.05) is 18.0 Å². The molecule has 2 heteroatoms. The molecular formula is C18H29NO. The standard InChI is InChI=1S/C18H29NO/c1-14(2)19-13-18(10-6-5-7-11-18)16-9-8-15(3)17(12-16)20-4/h8-9,12,14,19H,5-7,10-11,13H2,1-4H3. The third-order valence-corrected chi connectivity index (χ3v) is 4.68. The van der Waals surface area contributed by atoms with Crippen LogP contribution in [-0.4, -0.2) is 19.7 Å². The van der Waals surface area contributed by atoms with E-state index in [0.29, 0.717) is 11.5 Å². The molecule has 1 aromatic rings. The summed E-state index contributed by atoms with van der Waals surface area (Å²) in [5, 5.41) is 3.67. The summed E-state index contributed by atoms with van der Waals surface area (Å²) in [5.74, 6) is 1.02. The molecule has 1 N–H and O–H groups in total. The lowest BCUT2D eigenvalue weighted by atomic mass is 9.69. The van der Waals surface area contributed by atoms with Gasteiger partial charge in [-0.2, -0.15) is 0 Å². The molecule has 0 aliphatic heterocycles. The molecule has 0 bridgehead atoms. The summed E-state index contributed by atoms with van der Waals surface area (Å²) in [7, 11) is 1.77. The predicted octanol–water partition coefficient (Wildman–Crippen LogP) is 4.20. The summed E-state index contributed by atoms with van der Waals surface area (Å²) in [6.45, 7) is 7.65. The Morgan fingerprint density at radius 2 is 1.90 bits per heavy atom. The van der Waals surface area contributed by atoms with Gasteiger partial charge in [-0.25, -0.2) is 0 Å². The van der Waals surface area contributed by atoms with Crippen molar-refractivity contribution < 1.29 is 4.74 Å². The summed E-state index contributed by atoms with van der Waals surface area (Å²) in [6.07, 6.45) is 6.65. The maximum absolute atomic E-state index is 5.53. The fraction of sp³-hybridized carbons (Fsp3) is 0.667. The quantitative estimate of drug-likeness (QED) is 0.869. The fourth-order valence-electron chi connectivity index (χ4n) is 3.35. The minimum atomic E-state index is 0.295. The van der Waals surface area contributed by atoms with Crippen LogP contribution in [0.3, 0.4) is 0 Å². The molecule has 112 valence electrons. The van der Waals surface area contributed by atoms with Gasteiger partial charge in [-0.3, -0.25) is 0 Å². The molecule has 0 aromatic heterocycles. The van der Waals surface area contributed by atoms with Crippen LogP contribution in [0.15, 0.2) is 18.2 Å². The maximum atomic E-state index is 5.53. The maximum Gasteiger partial charge on any atom is 0.122 e. The van der Waals surface area contributed by atoms with E-state index in [2.05, 4.69) is 44.3 Å². The number of nitrogens with one attached hydrogen (secondary N) is 1. The number of hydrogen-bond acceptors (Lipinski definition) is 2. The first-order chi connectivity index (χ1) is 9.57. The molecule has 0 spiro atoms. The zero-order valence-electron chi connectivity index (χ0n) is 13.5. The van der Waals surface area contributed by atoms with E-state index < -0.39 is 0 Å². The second kappa shape index (κ2) is 6.62. The van der Waals surface area contributed by atoms with Gasteiger partial charge in [0.15, 0.2) is 0 Å². The number of hydrogen-bond donors (Lipinski definition) is 1. The first kappa shape index (κ1) is 15.4. The van der Waals surface area contributed by atoms with Crippen molar-refractivity contribution in [2.45, 2.75) is 64.3 Å². The second-order valence-electron chi connectivity index (χ2n) is 6.56. The molecule has 1 aromatic carbocycles. The molecular weight excluding hydrogens is 246 g/mol. The smallest absolute Gasteiger partial charge is 0.122 e. The van der Waals surface area contributed by atoms with Gasteiger partial charge in [-0.15, -0.1) is 0 Å². The highest BCUT2D eigenvalue weighted by Crippen LogP contribution is 2.40. The van der Waals surface area contributed by atoms with Gasteiger partial charge >= 0.3 is 0 Å². The molecule has 0 unspecified atom stereocenters. The van der Waals surface area contributed by atoms with Crippen LogP contribution in [0.1, 0.15) is 57.1 Å². The highest BCUT2D eigenvalue weighted by molar-refractivity contribution is 5.40. The summed E-state index contributed by atoms with van der Waals surface area (Å²) in [4.78, 5) is 0. The number of methoxy groups -OCH3 is 1. The SMILES string of the molecule is COc1cc(C2(CNC(C)C)CCCCC2)ccc1C. The van der Waals surface area contributed by atoms with Gasteiger partial charge < -0.3 is 10.1 Å². The third kappa shape index (κ3) is 3.35. The molecule has 2 nitrogen and oxygen atoms in total. The third-order valence-electron chi connectivity index (χ3n) is 4.68. The van der Waals surface area contributed by atoms with Crippen LogP contribution in [0.25, 0.3) is 0 Å². The van der Waals surface area contributed by atoms with Gasteiger partial charge in [0.2, 0.25) is 0 Å². The summed E-state index contributed by atoms with van der Waals surface area (Å²) < 4.78 is 5.53. The van der Waals surface area contributed by atoms with E-state index in [1.165, 1.54) is 43.2 Å². The Labute approximate surface area is 123 Å². The Morgan fingerprint density at radius 1 is 1.20 bits per heavy atom. The Bertz CT molecular complexity index is 433. The average Bonchev–Trinajstić information content (AvgIpc) is 2.46. The highest BCUT2D eigenvalue weighted by Gasteiger charge is 2.34. The Balaban J connectivity index is 2.30. The lowest BCUT2D eigenvalue weighted by molar-refractivity contribution is 0.272. The Morgan fingerprint density at radius 3 is 2.50 bits per heavy atom. The molecule has 1 saturated carbocycles. The lowest BCUT2D eigenvalue weighted by Crippen LogP contribution is -2.42. The highest BCUT2D eigenvalue weighted by atomic mass is 16.5. The van der Waals surface area contributed by atoms with Crippen molar-refractivity contribution in [3.05, 3.63) is 29.3 Å². The molecule has 0 atom stereocenters. The number of ether oxygens (including phenoxy) is 1. The van der Waals surface area contributed by atoms with Crippen LogP contribution in [0.4, 0.5) is 0 Å². The molecule has 0 radical (unpaired) electrons. The predicted molar refractivity (Wildman–Crippen MR) is 85.6 cm³/mol. The van der Waals surface area contributed by atoms with Crippen molar-refractivity contribution >= 4 is 0 Å². The van der Waals surface area contributed by atoms with Gasteiger partial charge in [0.1, 0.15) is 5.75 Å². The van der Waals surface area contributed by atoms with Crippen LogP contribution < -0.4 is 10.1 Å². The molecule has 0 amide bonds. The minimum Gasteiger partial charge on any atom is -0.496 e. The Kier molecular flexibility index (Phi) is 5.09. The van der Waals surface area contributed by atoms with Crippen LogP contribution in [-0.2, 0) is 5.41 Å². The van der Waals surface area contributed by atoms with E-state index in [0.717, 1.165) is 12.3 Å². The monoisotopic (exact) mass is 275 g/mol. The lowest BCUT2D eigenvalue weighted by Gasteiger charge is -2.39. The average molecular weight is 275 g/mol. The van der Waals surface area contributed by atoms with Crippen molar-refractivity contribution in [2.75, 3.05) is 13.7 Å². The minimum absolute atomic E-state index is 0.295. The zero-order chi connectivity index (χ0) is 14.6. The van der Waals surface area contributed by atoms with E-state index in [1.807, 2.05) is 0 Å². The second-order valence-corrected chi connectivity index (χ2v) is 6.56. The molecule has 0 heterocycles. The summed E-state index contributed by atoms with van der Waals surface area (Å²) >= 11 is 0. The molecule has 20 heavy (non-hydrogen) atoms. The summed E-state index contributed by atoms with van der Waals surface area (Å²) in [5.41, 5.74) is 2.97. The van der Waals surface area contributed by atoms with Crippen molar-refractivity contribution in [3.63, 3.8) is 0 Å². The molecule has 1 fully saturated rings. The van der Waals surface area contributed by atoms with Crippen LogP contribution in [0, 0.1) is 6.92 Å². The first-order valence-electron chi connectivity index (χ1n) is 7.96. The van der Waals surface area contributed by atoms with Gasteiger partial charge in [-0.05, 0) is 37.0 Å². The first-order valence-corrected chi connectivity index (χ1v) is 7.96. The Hall–Kier alpha value is -1.02. The molecule has 1 aliphatic carbocycles. The van der Waals surface area contributed by atoms with Gasteiger partial charge in [-0.1, -0.05) is 45.2 Å². The fourth-order valence-corrected chi connectivity index (χ4v) is 3.35.